The van der Waals surface area contributed by atoms with Gasteiger partial charge in [-0.25, -0.2) is 8.42 Å². The summed E-state index contributed by atoms with van der Waals surface area (Å²) >= 11 is 12.1. The Hall–Kier alpha value is -2.00. The molecule has 0 radical (unpaired) electrons. The molecule has 29 heavy (non-hydrogen) atoms. The molecule has 7 nitrogen and oxygen atoms in total. The zero-order valence-corrected chi connectivity index (χ0v) is 18.2. The van der Waals surface area contributed by atoms with Crippen molar-refractivity contribution >= 4 is 39.1 Å². The molecule has 0 unspecified atom stereocenters. The maximum Gasteiger partial charge on any atom is 0.255 e. The van der Waals surface area contributed by atoms with Crippen LogP contribution in [0.1, 0.15) is 10.4 Å². The number of benzene rings is 2. The molecule has 1 saturated heterocycles. The Labute approximate surface area is 179 Å². The van der Waals surface area contributed by atoms with Gasteiger partial charge >= 0.3 is 0 Å². The van der Waals surface area contributed by atoms with E-state index in [1.807, 2.05) is 0 Å². The van der Waals surface area contributed by atoms with Crippen LogP contribution in [0.3, 0.4) is 0 Å². The number of ether oxygens (including phenoxy) is 2. The van der Waals surface area contributed by atoms with Crippen molar-refractivity contribution in [3.63, 3.8) is 0 Å². The van der Waals surface area contributed by atoms with Crippen molar-refractivity contribution in [2.75, 3.05) is 40.4 Å². The van der Waals surface area contributed by atoms with Crippen LogP contribution >= 0.6 is 23.2 Å². The Bertz CT molecular complexity index is 1020. The topological polar surface area (TPSA) is 76.2 Å². The average molecular weight is 459 g/mol. The summed E-state index contributed by atoms with van der Waals surface area (Å²) in [5.41, 5.74) is 0.296. The molecule has 1 amide bonds. The van der Waals surface area contributed by atoms with Gasteiger partial charge in [0.25, 0.3) is 5.91 Å². The smallest absolute Gasteiger partial charge is 0.255 e. The van der Waals surface area contributed by atoms with Crippen LogP contribution in [0.25, 0.3) is 0 Å². The van der Waals surface area contributed by atoms with Gasteiger partial charge in [-0.2, -0.15) is 4.31 Å². The maximum atomic E-state index is 13.1. The largest absolute Gasteiger partial charge is 0.497 e. The molecule has 1 aliphatic heterocycles. The normalized spacial score (nSPS) is 15.2. The van der Waals surface area contributed by atoms with Crippen molar-refractivity contribution in [2.45, 2.75) is 4.90 Å². The number of rotatable bonds is 5. The Kier molecular flexibility index (Phi) is 6.58. The van der Waals surface area contributed by atoms with Crippen molar-refractivity contribution in [2.24, 2.45) is 0 Å². The number of sulfonamides is 1. The van der Waals surface area contributed by atoms with Crippen LogP contribution < -0.4 is 9.47 Å². The number of hydrogen-bond acceptors (Lipinski definition) is 5. The van der Waals surface area contributed by atoms with Crippen LogP contribution in [-0.4, -0.2) is 63.9 Å². The molecule has 2 aromatic carbocycles. The SMILES string of the molecule is COc1ccc(OC)c(S(=O)(=O)N2CCN(C(=O)c3cccc(Cl)c3Cl)CC2)c1. The first-order chi connectivity index (χ1) is 13.8. The number of nitrogens with zero attached hydrogens (tertiary/aromatic N) is 2. The summed E-state index contributed by atoms with van der Waals surface area (Å²) in [6, 6.07) is 9.46. The molecule has 0 saturated carbocycles. The van der Waals surface area contributed by atoms with Gasteiger partial charge in [0.15, 0.2) is 0 Å². The molecule has 0 spiro atoms. The van der Waals surface area contributed by atoms with E-state index >= 15 is 0 Å². The van der Waals surface area contributed by atoms with Crippen molar-refractivity contribution in [1.82, 2.24) is 9.21 Å². The van der Waals surface area contributed by atoms with Gasteiger partial charge in [0.05, 0.1) is 29.8 Å². The summed E-state index contributed by atoms with van der Waals surface area (Å²) in [5.74, 6) is 0.359. The van der Waals surface area contributed by atoms with Crippen molar-refractivity contribution in [3.8, 4) is 11.5 Å². The van der Waals surface area contributed by atoms with Crippen molar-refractivity contribution in [3.05, 3.63) is 52.0 Å². The Morgan fingerprint density at radius 1 is 1.00 bits per heavy atom. The highest BCUT2D eigenvalue weighted by Crippen LogP contribution is 2.31. The third kappa shape index (κ3) is 4.30. The quantitative estimate of drug-likeness (QED) is 0.687. The van der Waals surface area contributed by atoms with Gasteiger partial charge in [0.2, 0.25) is 10.0 Å². The molecule has 1 aliphatic rings. The predicted molar refractivity (Wildman–Crippen MR) is 111 cm³/mol. The van der Waals surface area contributed by atoms with Crippen LogP contribution in [0.5, 0.6) is 11.5 Å². The van der Waals surface area contributed by atoms with Gasteiger partial charge in [-0.05, 0) is 24.3 Å². The summed E-state index contributed by atoms with van der Waals surface area (Å²) in [5, 5.41) is 0.485. The van der Waals surface area contributed by atoms with Gasteiger partial charge in [-0.15, -0.1) is 0 Å². The predicted octanol–water partition coefficient (Wildman–Crippen LogP) is 3.16. The molecule has 10 heteroatoms. The third-order valence-electron chi connectivity index (χ3n) is 4.70. The minimum atomic E-state index is -3.82. The molecule has 0 aliphatic carbocycles. The van der Waals surface area contributed by atoms with E-state index in [-0.39, 0.29) is 47.8 Å². The maximum absolute atomic E-state index is 13.1. The lowest BCUT2D eigenvalue weighted by Crippen LogP contribution is -2.50. The molecule has 2 aromatic rings. The summed E-state index contributed by atoms with van der Waals surface area (Å²) in [6.45, 7) is 0.750. The molecular weight excluding hydrogens is 439 g/mol. The van der Waals surface area contributed by atoms with E-state index < -0.39 is 10.0 Å². The molecule has 0 bridgehead atoms. The summed E-state index contributed by atoms with van der Waals surface area (Å²) in [6.07, 6.45) is 0. The van der Waals surface area contributed by atoms with Gasteiger partial charge in [-0.3, -0.25) is 4.79 Å². The number of amides is 1. The lowest BCUT2D eigenvalue weighted by atomic mass is 10.2. The number of methoxy groups -OCH3 is 2. The molecule has 3 rings (SSSR count). The van der Waals surface area contributed by atoms with Crippen LogP contribution in [0.15, 0.2) is 41.3 Å². The number of carbonyl (C=O) groups excluding carboxylic acids is 1. The first-order valence-electron chi connectivity index (χ1n) is 8.75. The lowest BCUT2D eigenvalue weighted by Gasteiger charge is -2.34. The van der Waals surface area contributed by atoms with Crippen LogP contribution in [-0.2, 0) is 10.0 Å². The zero-order valence-electron chi connectivity index (χ0n) is 15.9. The Morgan fingerprint density at radius 3 is 2.31 bits per heavy atom. The summed E-state index contributed by atoms with van der Waals surface area (Å²) in [7, 11) is -0.952. The standard InChI is InChI=1S/C19H20Cl2N2O5S/c1-27-13-6-7-16(28-2)17(12-13)29(25,26)23-10-8-22(9-11-23)19(24)14-4-3-5-15(20)18(14)21/h3-7,12H,8-11H2,1-2H3. The fraction of sp³-hybridized carbons (Fsp3) is 0.316. The van der Waals surface area contributed by atoms with E-state index in [0.29, 0.717) is 16.3 Å². The number of carbonyl (C=O) groups is 1. The fourth-order valence-corrected chi connectivity index (χ4v) is 5.07. The van der Waals surface area contributed by atoms with Gasteiger partial charge < -0.3 is 14.4 Å². The highest BCUT2D eigenvalue weighted by Gasteiger charge is 2.33. The zero-order chi connectivity index (χ0) is 21.2. The monoisotopic (exact) mass is 458 g/mol. The molecular formula is C19H20Cl2N2O5S. The fourth-order valence-electron chi connectivity index (χ4n) is 3.10. The minimum Gasteiger partial charge on any atom is -0.497 e. The van der Waals surface area contributed by atoms with E-state index in [2.05, 4.69) is 0 Å². The first kappa shape index (κ1) is 21.7. The molecule has 156 valence electrons. The second-order valence-corrected chi connectivity index (χ2v) is 9.01. The number of piperazine rings is 1. The van der Waals surface area contributed by atoms with E-state index in [1.54, 1.807) is 35.2 Å². The van der Waals surface area contributed by atoms with E-state index in [9.17, 15) is 13.2 Å². The first-order valence-corrected chi connectivity index (χ1v) is 10.9. The van der Waals surface area contributed by atoms with Crippen LogP contribution in [0, 0.1) is 0 Å². The average Bonchev–Trinajstić information content (AvgIpc) is 2.74. The third-order valence-corrected chi connectivity index (χ3v) is 7.44. The molecule has 1 fully saturated rings. The van der Waals surface area contributed by atoms with E-state index in [0.717, 1.165) is 0 Å². The second-order valence-electron chi connectivity index (χ2n) is 6.31. The number of halogens is 2. The highest BCUT2D eigenvalue weighted by atomic mass is 35.5. The minimum absolute atomic E-state index is 0.0250. The van der Waals surface area contributed by atoms with E-state index in [4.69, 9.17) is 32.7 Å². The molecule has 1 heterocycles. The van der Waals surface area contributed by atoms with Crippen molar-refractivity contribution in [1.29, 1.82) is 0 Å². The second kappa shape index (κ2) is 8.79. The lowest BCUT2D eigenvalue weighted by molar-refractivity contribution is 0.0698. The molecule has 0 N–H and O–H groups in total. The highest BCUT2D eigenvalue weighted by molar-refractivity contribution is 7.89. The number of hydrogen-bond donors (Lipinski definition) is 0. The Balaban J connectivity index is 1.78. The summed E-state index contributed by atoms with van der Waals surface area (Å²) in [4.78, 5) is 14.3. The molecule has 0 aromatic heterocycles. The van der Waals surface area contributed by atoms with Gasteiger partial charge in [-0.1, -0.05) is 29.3 Å². The Morgan fingerprint density at radius 2 is 1.69 bits per heavy atom. The van der Waals surface area contributed by atoms with E-state index in [1.165, 1.54) is 24.6 Å². The van der Waals surface area contributed by atoms with Crippen LogP contribution in [0.4, 0.5) is 0 Å². The van der Waals surface area contributed by atoms with Gasteiger partial charge in [0, 0.05) is 32.2 Å². The van der Waals surface area contributed by atoms with Gasteiger partial charge in [0.1, 0.15) is 16.4 Å². The van der Waals surface area contributed by atoms with Crippen LogP contribution in [0.2, 0.25) is 10.0 Å². The summed E-state index contributed by atoms with van der Waals surface area (Å²) < 4.78 is 37.9. The van der Waals surface area contributed by atoms with Crippen molar-refractivity contribution < 1.29 is 22.7 Å². The molecule has 0 atom stereocenters.